The minimum Gasteiger partial charge on any atom is -0.319 e. The van der Waals surface area contributed by atoms with Gasteiger partial charge in [0.25, 0.3) is 0 Å². The molecular formula is C12H22N4. The van der Waals surface area contributed by atoms with E-state index in [4.69, 9.17) is 0 Å². The molecule has 1 saturated heterocycles. The lowest BCUT2D eigenvalue weighted by Crippen LogP contribution is -2.26. The lowest BCUT2D eigenvalue weighted by atomic mass is 10.1. The molecule has 1 fully saturated rings. The average molecular weight is 222 g/mol. The molecule has 16 heavy (non-hydrogen) atoms. The van der Waals surface area contributed by atoms with Crippen LogP contribution in [0.15, 0.2) is 12.4 Å². The molecule has 1 aliphatic heterocycles. The van der Waals surface area contributed by atoms with Gasteiger partial charge in [-0.1, -0.05) is 0 Å². The number of aryl methyl sites for hydroxylation is 1. The quantitative estimate of drug-likeness (QED) is 0.788. The summed E-state index contributed by atoms with van der Waals surface area (Å²) in [6, 6.07) is 0. The maximum atomic E-state index is 4.19. The summed E-state index contributed by atoms with van der Waals surface area (Å²) in [6.07, 6.45) is 6.55. The highest BCUT2D eigenvalue weighted by Gasteiger charge is 2.21. The highest BCUT2D eigenvalue weighted by atomic mass is 15.2. The summed E-state index contributed by atoms with van der Waals surface area (Å²) >= 11 is 0. The van der Waals surface area contributed by atoms with Crippen LogP contribution in [-0.4, -0.2) is 47.9 Å². The Labute approximate surface area is 97.6 Å². The van der Waals surface area contributed by atoms with Crippen LogP contribution >= 0.6 is 0 Å². The molecule has 0 saturated carbocycles. The number of hydrogen-bond acceptors (Lipinski definition) is 3. The molecule has 1 aromatic heterocycles. The van der Waals surface area contributed by atoms with Crippen molar-refractivity contribution in [2.24, 2.45) is 13.0 Å². The largest absolute Gasteiger partial charge is 0.319 e. The van der Waals surface area contributed by atoms with Gasteiger partial charge in [0.2, 0.25) is 0 Å². The van der Waals surface area contributed by atoms with Crippen molar-refractivity contribution in [2.45, 2.75) is 12.8 Å². The van der Waals surface area contributed by atoms with Crippen molar-refractivity contribution in [1.29, 1.82) is 0 Å². The first-order valence-corrected chi connectivity index (χ1v) is 6.12. The van der Waals surface area contributed by atoms with Crippen molar-refractivity contribution in [3.63, 3.8) is 0 Å². The fourth-order valence-electron chi connectivity index (χ4n) is 2.46. The molecule has 1 N–H and O–H groups in total. The Hall–Kier alpha value is -0.870. The molecule has 1 aromatic rings. The molecule has 2 rings (SSSR count). The van der Waals surface area contributed by atoms with E-state index >= 15 is 0 Å². The van der Waals surface area contributed by atoms with E-state index in [1.165, 1.54) is 31.6 Å². The van der Waals surface area contributed by atoms with E-state index in [0.717, 1.165) is 18.9 Å². The van der Waals surface area contributed by atoms with Crippen LogP contribution < -0.4 is 5.32 Å². The Balaban J connectivity index is 1.71. The SMILES string of the molecule is CNCC1CCN(CCc2cnn(C)c2)C1. The normalized spacial score (nSPS) is 21.8. The monoisotopic (exact) mass is 222 g/mol. The highest BCUT2D eigenvalue weighted by molar-refractivity contribution is 5.04. The van der Waals surface area contributed by atoms with E-state index in [9.17, 15) is 0 Å². The average Bonchev–Trinajstić information content (AvgIpc) is 2.85. The van der Waals surface area contributed by atoms with Crippen molar-refractivity contribution in [1.82, 2.24) is 20.0 Å². The molecule has 0 spiro atoms. The van der Waals surface area contributed by atoms with E-state index in [1.54, 1.807) is 0 Å². The summed E-state index contributed by atoms with van der Waals surface area (Å²) < 4.78 is 1.88. The molecule has 2 heterocycles. The predicted octanol–water partition coefficient (Wildman–Crippen LogP) is 0.504. The van der Waals surface area contributed by atoms with Crippen molar-refractivity contribution in [2.75, 3.05) is 33.2 Å². The molecule has 0 aromatic carbocycles. The molecular weight excluding hydrogens is 200 g/mol. The molecule has 0 radical (unpaired) electrons. The van der Waals surface area contributed by atoms with Gasteiger partial charge < -0.3 is 10.2 Å². The third-order valence-electron chi connectivity index (χ3n) is 3.34. The molecule has 0 amide bonds. The zero-order valence-corrected chi connectivity index (χ0v) is 10.3. The lowest BCUT2D eigenvalue weighted by molar-refractivity contribution is 0.327. The van der Waals surface area contributed by atoms with Crippen LogP contribution in [0.3, 0.4) is 0 Å². The summed E-state index contributed by atoms with van der Waals surface area (Å²) in [7, 11) is 4.01. The molecule has 90 valence electrons. The smallest absolute Gasteiger partial charge is 0.0522 e. The van der Waals surface area contributed by atoms with Crippen LogP contribution in [0.2, 0.25) is 0 Å². The van der Waals surface area contributed by atoms with E-state index in [0.29, 0.717) is 0 Å². The Kier molecular flexibility index (Phi) is 3.96. The Bertz CT molecular complexity index is 321. The number of rotatable bonds is 5. The first kappa shape index (κ1) is 11.6. The summed E-state index contributed by atoms with van der Waals surface area (Å²) in [5.74, 6) is 0.846. The van der Waals surface area contributed by atoms with Gasteiger partial charge in [-0.15, -0.1) is 0 Å². The van der Waals surface area contributed by atoms with Gasteiger partial charge in [-0.3, -0.25) is 4.68 Å². The van der Waals surface area contributed by atoms with Gasteiger partial charge in [0.05, 0.1) is 6.20 Å². The number of hydrogen-bond donors (Lipinski definition) is 1. The van der Waals surface area contributed by atoms with Gasteiger partial charge >= 0.3 is 0 Å². The number of nitrogens with one attached hydrogen (secondary N) is 1. The van der Waals surface area contributed by atoms with Crippen LogP contribution in [-0.2, 0) is 13.5 Å². The fraction of sp³-hybridized carbons (Fsp3) is 0.750. The maximum Gasteiger partial charge on any atom is 0.0522 e. The Morgan fingerprint density at radius 1 is 1.56 bits per heavy atom. The minimum atomic E-state index is 0.846. The number of nitrogens with zero attached hydrogens (tertiary/aromatic N) is 3. The second kappa shape index (κ2) is 5.46. The van der Waals surface area contributed by atoms with E-state index in [1.807, 2.05) is 25.0 Å². The van der Waals surface area contributed by atoms with Gasteiger partial charge in [-0.25, -0.2) is 0 Å². The first-order valence-electron chi connectivity index (χ1n) is 6.12. The van der Waals surface area contributed by atoms with Crippen molar-refractivity contribution >= 4 is 0 Å². The van der Waals surface area contributed by atoms with Crippen LogP contribution in [0, 0.1) is 5.92 Å². The molecule has 0 bridgehead atoms. The van der Waals surface area contributed by atoms with Crippen molar-refractivity contribution < 1.29 is 0 Å². The predicted molar refractivity (Wildman–Crippen MR) is 65.4 cm³/mol. The lowest BCUT2D eigenvalue weighted by Gasteiger charge is -2.15. The van der Waals surface area contributed by atoms with E-state index in [-0.39, 0.29) is 0 Å². The summed E-state index contributed by atoms with van der Waals surface area (Å²) in [5, 5.41) is 7.46. The van der Waals surface area contributed by atoms with Gasteiger partial charge in [0.15, 0.2) is 0 Å². The van der Waals surface area contributed by atoms with Crippen molar-refractivity contribution in [3.05, 3.63) is 18.0 Å². The topological polar surface area (TPSA) is 33.1 Å². The summed E-state index contributed by atoms with van der Waals surface area (Å²) in [6.45, 7) is 4.84. The minimum absolute atomic E-state index is 0.846. The van der Waals surface area contributed by atoms with Crippen molar-refractivity contribution in [3.8, 4) is 0 Å². The van der Waals surface area contributed by atoms with Gasteiger partial charge in [0.1, 0.15) is 0 Å². The molecule has 4 nitrogen and oxygen atoms in total. The van der Waals surface area contributed by atoms with Crippen LogP contribution in [0.1, 0.15) is 12.0 Å². The zero-order chi connectivity index (χ0) is 11.4. The van der Waals surface area contributed by atoms with Gasteiger partial charge in [-0.05, 0) is 44.5 Å². The second-order valence-electron chi connectivity index (χ2n) is 4.79. The molecule has 4 heteroatoms. The zero-order valence-electron chi connectivity index (χ0n) is 10.3. The Morgan fingerprint density at radius 2 is 2.44 bits per heavy atom. The second-order valence-corrected chi connectivity index (χ2v) is 4.79. The molecule has 0 aliphatic carbocycles. The maximum absolute atomic E-state index is 4.19. The fourth-order valence-corrected chi connectivity index (χ4v) is 2.46. The van der Waals surface area contributed by atoms with E-state index in [2.05, 4.69) is 21.5 Å². The first-order chi connectivity index (χ1) is 7.78. The van der Waals surface area contributed by atoms with Crippen LogP contribution in [0.5, 0.6) is 0 Å². The molecule has 1 atom stereocenters. The van der Waals surface area contributed by atoms with Gasteiger partial charge in [0, 0.05) is 26.3 Å². The third kappa shape index (κ3) is 3.06. The van der Waals surface area contributed by atoms with Crippen LogP contribution in [0.25, 0.3) is 0 Å². The third-order valence-corrected chi connectivity index (χ3v) is 3.34. The summed E-state index contributed by atoms with van der Waals surface area (Å²) in [4.78, 5) is 2.56. The standard InChI is InChI=1S/C12H22N4/c1-13-7-11-3-5-16(10-11)6-4-12-8-14-15(2)9-12/h8-9,11,13H,3-7,10H2,1-2H3. The number of aromatic nitrogens is 2. The molecule has 1 aliphatic rings. The van der Waals surface area contributed by atoms with E-state index < -0.39 is 0 Å². The van der Waals surface area contributed by atoms with Gasteiger partial charge in [-0.2, -0.15) is 5.10 Å². The Morgan fingerprint density at radius 3 is 3.12 bits per heavy atom. The number of likely N-dealkylation sites (tertiary alicyclic amines) is 1. The van der Waals surface area contributed by atoms with Crippen LogP contribution in [0.4, 0.5) is 0 Å². The summed E-state index contributed by atoms with van der Waals surface area (Å²) in [5.41, 5.74) is 1.35. The highest BCUT2D eigenvalue weighted by Crippen LogP contribution is 2.15. The molecule has 1 unspecified atom stereocenters.